The van der Waals surface area contributed by atoms with E-state index in [1.807, 2.05) is 0 Å². The molecular formula is C16H31N. The maximum absolute atomic E-state index is 3.87. The molecule has 0 aromatic heterocycles. The van der Waals surface area contributed by atoms with Crippen molar-refractivity contribution < 1.29 is 0 Å². The lowest BCUT2D eigenvalue weighted by molar-refractivity contribution is 0.228. The van der Waals surface area contributed by atoms with Crippen molar-refractivity contribution in [2.45, 2.75) is 78.2 Å². The van der Waals surface area contributed by atoms with Gasteiger partial charge in [-0.1, -0.05) is 46.5 Å². The van der Waals surface area contributed by atoms with Gasteiger partial charge in [-0.3, -0.25) is 0 Å². The highest BCUT2D eigenvalue weighted by Crippen LogP contribution is 2.37. The zero-order valence-corrected chi connectivity index (χ0v) is 12.1. The fourth-order valence-corrected chi connectivity index (χ4v) is 3.86. The summed E-state index contributed by atoms with van der Waals surface area (Å²) >= 11 is 0. The molecule has 0 aromatic carbocycles. The highest BCUT2D eigenvalue weighted by molar-refractivity contribution is 4.90. The molecule has 2 aliphatic carbocycles. The van der Waals surface area contributed by atoms with Gasteiger partial charge in [0.25, 0.3) is 0 Å². The van der Waals surface area contributed by atoms with E-state index in [1.54, 1.807) is 0 Å². The van der Waals surface area contributed by atoms with Gasteiger partial charge in [-0.25, -0.2) is 0 Å². The molecule has 2 saturated carbocycles. The Morgan fingerprint density at radius 3 is 2.18 bits per heavy atom. The Hall–Kier alpha value is -0.0400. The van der Waals surface area contributed by atoms with Crippen LogP contribution in [0.15, 0.2) is 0 Å². The average molecular weight is 237 g/mol. The van der Waals surface area contributed by atoms with E-state index in [2.05, 4.69) is 26.1 Å². The molecule has 0 radical (unpaired) electrons. The fourth-order valence-electron chi connectivity index (χ4n) is 3.86. The predicted molar refractivity (Wildman–Crippen MR) is 75.2 cm³/mol. The van der Waals surface area contributed by atoms with Crippen LogP contribution < -0.4 is 5.32 Å². The SMILES string of the molecule is CCC1CCC(CNC2CCCC2(C)C)CC1. The molecule has 0 amide bonds. The highest BCUT2D eigenvalue weighted by atomic mass is 14.9. The Morgan fingerprint density at radius 2 is 1.65 bits per heavy atom. The summed E-state index contributed by atoms with van der Waals surface area (Å²) in [6, 6.07) is 0.784. The van der Waals surface area contributed by atoms with Crippen LogP contribution in [0.2, 0.25) is 0 Å². The molecule has 0 spiro atoms. The molecule has 0 saturated heterocycles. The molecule has 1 heteroatoms. The second-order valence-electron chi connectivity index (χ2n) is 7.14. The minimum atomic E-state index is 0.542. The third kappa shape index (κ3) is 3.47. The van der Waals surface area contributed by atoms with E-state index in [0.717, 1.165) is 17.9 Å². The summed E-state index contributed by atoms with van der Waals surface area (Å²) in [5.41, 5.74) is 0.542. The van der Waals surface area contributed by atoms with E-state index in [-0.39, 0.29) is 0 Å². The first-order valence-corrected chi connectivity index (χ1v) is 7.85. The van der Waals surface area contributed by atoms with Crippen molar-refractivity contribution in [3.8, 4) is 0 Å². The monoisotopic (exact) mass is 237 g/mol. The Morgan fingerprint density at radius 1 is 1.00 bits per heavy atom. The van der Waals surface area contributed by atoms with Crippen molar-refractivity contribution in [1.29, 1.82) is 0 Å². The first kappa shape index (κ1) is 13.4. The van der Waals surface area contributed by atoms with E-state index in [0.29, 0.717) is 5.41 Å². The summed E-state index contributed by atoms with van der Waals surface area (Å²) in [5.74, 6) is 2.00. The molecule has 1 N–H and O–H groups in total. The van der Waals surface area contributed by atoms with Crippen LogP contribution in [-0.2, 0) is 0 Å². The predicted octanol–water partition coefficient (Wildman–Crippen LogP) is 4.37. The molecule has 2 aliphatic rings. The molecule has 2 fully saturated rings. The van der Waals surface area contributed by atoms with Gasteiger partial charge in [-0.15, -0.1) is 0 Å². The third-order valence-corrected chi connectivity index (χ3v) is 5.45. The van der Waals surface area contributed by atoms with E-state index in [1.165, 1.54) is 57.9 Å². The topological polar surface area (TPSA) is 12.0 Å². The van der Waals surface area contributed by atoms with Crippen LogP contribution in [0.3, 0.4) is 0 Å². The first-order valence-electron chi connectivity index (χ1n) is 7.85. The van der Waals surface area contributed by atoms with Gasteiger partial charge in [0.1, 0.15) is 0 Å². The maximum Gasteiger partial charge on any atom is 0.0118 e. The van der Waals surface area contributed by atoms with Crippen LogP contribution in [0.5, 0.6) is 0 Å². The zero-order chi connectivity index (χ0) is 12.3. The van der Waals surface area contributed by atoms with Crippen LogP contribution in [0.25, 0.3) is 0 Å². The lowest BCUT2D eigenvalue weighted by Crippen LogP contribution is -2.40. The smallest absolute Gasteiger partial charge is 0.0118 e. The van der Waals surface area contributed by atoms with E-state index in [4.69, 9.17) is 0 Å². The van der Waals surface area contributed by atoms with Crippen molar-refractivity contribution in [3.05, 3.63) is 0 Å². The number of hydrogen-bond donors (Lipinski definition) is 1. The van der Waals surface area contributed by atoms with Crippen molar-refractivity contribution >= 4 is 0 Å². The molecule has 1 atom stereocenters. The third-order valence-electron chi connectivity index (χ3n) is 5.45. The van der Waals surface area contributed by atoms with Crippen LogP contribution >= 0.6 is 0 Å². The van der Waals surface area contributed by atoms with E-state index < -0.39 is 0 Å². The highest BCUT2D eigenvalue weighted by Gasteiger charge is 2.34. The van der Waals surface area contributed by atoms with Gasteiger partial charge in [0.05, 0.1) is 0 Å². The molecule has 0 bridgehead atoms. The van der Waals surface area contributed by atoms with Crippen LogP contribution in [0, 0.1) is 17.3 Å². The second kappa shape index (κ2) is 5.73. The lowest BCUT2D eigenvalue weighted by Gasteiger charge is -2.32. The van der Waals surface area contributed by atoms with Gasteiger partial charge < -0.3 is 5.32 Å². The van der Waals surface area contributed by atoms with Crippen molar-refractivity contribution in [2.75, 3.05) is 6.54 Å². The average Bonchev–Trinajstić information content (AvgIpc) is 2.66. The van der Waals surface area contributed by atoms with Gasteiger partial charge in [-0.2, -0.15) is 0 Å². The van der Waals surface area contributed by atoms with Gasteiger partial charge in [-0.05, 0) is 49.5 Å². The Bertz CT molecular complexity index is 226. The first-order chi connectivity index (χ1) is 8.12. The molecule has 1 unspecified atom stereocenters. The number of nitrogens with one attached hydrogen (secondary N) is 1. The van der Waals surface area contributed by atoms with Crippen molar-refractivity contribution in [2.24, 2.45) is 17.3 Å². The Labute approximate surface area is 108 Å². The summed E-state index contributed by atoms with van der Waals surface area (Å²) in [4.78, 5) is 0. The zero-order valence-electron chi connectivity index (χ0n) is 12.1. The van der Waals surface area contributed by atoms with Crippen LogP contribution in [0.1, 0.15) is 72.1 Å². The summed E-state index contributed by atoms with van der Waals surface area (Å²) in [7, 11) is 0. The molecule has 1 nitrogen and oxygen atoms in total. The summed E-state index contributed by atoms with van der Waals surface area (Å²) in [6.07, 6.45) is 11.5. The quantitative estimate of drug-likeness (QED) is 0.765. The molecule has 2 rings (SSSR count). The number of hydrogen-bond acceptors (Lipinski definition) is 1. The van der Waals surface area contributed by atoms with Gasteiger partial charge in [0.15, 0.2) is 0 Å². The van der Waals surface area contributed by atoms with Gasteiger partial charge >= 0.3 is 0 Å². The van der Waals surface area contributed by atoms with Crippen molar-refractivity contribution in [3.63, 3.8) is 0 Å². The minimum Gasteiger partial charge on any atom is -0.313 e. The molecule has 0 heterocycles. The Balaban J connectivity index is 1.69. The summed E-state index contributed by atoms with van der Waals surface area (Å²) < 4.78 is 0. The standard InChI is InChI=1S/C16H31N/c1-4-13-7-9-14(10-8-13)12-17-15-6-5-11-16(15,2)3/h13-15,17H,4-12H2,1-3H3. The van der Waals surface area contributed by atoms with Crippen LogP contribution in [0.4, 0.5) is 0 Å². The maximum atomic E-state index is 3.87. The largest absolute Gasteiger partial charge is 0.313 e. The summed E-state index contributed by atoms with van der Waals surface area (Å²) in [6.45, 7) is 8.51. The van der Waals surface area contributed by atoms with Gasteiger partial charge in [0.2, 0.25) is 0 Å². The minimum absolute atomic E-state index is 0.542. The fraction of sp³-hybridized carbons (Fsp3) is 1.00. The Kier molecular flexibility index (Phi) is 4.52. The molecule has 0 aliphatic heterocycles. The molecule has 17 heavy (non-hydrogen) atoms. The normalized spacial score (nSPS) is 37.2. The van der Waals surface area contributed by atoms with Crippen LogP contribution in [-0.4, -0.2) is 12.6 Å². The molecular weight excluding hydrogens is 206 g/mol. The molecule has 100 valence electrons. The summed E-state index contributed by atoms with van der Waals surface area (Å²) in [5, 5.41) is 3.87. The van der Waals surface area contributed by atoms with Crippen molar-refractivity contribution in [1.82, 2.24) is 5.32 Å². The van der Waals surface area contributed by atoms with Gasteiger partial charge in [0, 0.05) is 6.04 Å². The second-order valence-corrected chi connectivity index (χ2v) is 7.14. The number of rotatable bonds is 4. The lowest BCUT2D eigenvalue weighted by atomic mass is 9.80. The van der Waals surface area contributed by atoms with E-state index >= 15 is 0 Å². The van der Waals surface area contributed by atoms with E-state index in [9.17, 15) is 0 Å². The molecule has 0 aromatic rings.